The van der Waals surface area contributed by atoms with Crippen molar-refractivity contribution in [1.29, 1.82) is 15.8 Å². The molecule has 0 aliphatic rings. The first-order chi connectivity index (χ1) is 16.3. The second kappa shape index (κ2) is 10.0. The third kappa shape index (κ3) is 4.44. The van der Waals surface area contributed by atoms with Gasteiger partial charge in [-0.15, -0.1) is 22.7 Å². The van der Waals surface area contributed by atoms with Crippen molar-refractivity contribution in [1.82, 2.24) is 9.97 Å². The van der Waals surface area contributed by atoms with Gasteiger partial charge >= 0.3 is 0 Å². The van der Waals surface area contributed by atoms with Gasteiger partial charge in [-0.1, -0.05) is 69.1 Å². The van der Waals surface area contributed by atoms with Crippen molar-refractivity contribution < 1.29 is 0 Å². The van der Waals surface area contributed by atoms with E-state index in [1.807, 2.05) is 18.2 Å². The van der Waals surface area contributed by atoms with Gasteiger partial charge in [0.1, 0.15) is 37.8 Å². The van der Waals surface area contributed by atoms with Crippen LogP contribution >= 0.6 is 91.8 Å². The Balaban J connectivity index is 2.34. The highest BCUT2D eigenvalue weighted by Gasteiger charge is 2.19. The molecule has 0 radical (unpaired) electrons. The van der Waals surface area contributed by atoms with Gasteiger partial charge in [-0.3, -0.25) is 0 Å². The van der Waals surface area contributed by atoms with Crippen molar-refractivity contribution in [2.24, 2.45) is 0 Å². The highest BCUT2D eigenvalue weighted by atomic mass is 35.5. The molecule has 4 aromatic rings. The number of halogens is 4. The highest BCUT2D eigenvalue weighted by molar-refractivity contribution is 7.20. The molecule has 0 bridgehead atoms. The summed E-state index contributed by atoms with van der Waals surface area (Å²) in [5.41, 5.74) is 1.63. The summed E-state index contributed by atoms with van der Waals surface area (Å²) in [5.74, 6) is 0. The molecule has 0 N–H and O–H groups in total. The summed E-state index contributed by atoms with van der Waals surface area (Å²) in [5, 5.41) is 28.3. The number of thiazole rings is 2. The van der Waals surface area contributed by atoms with Crippen LogP contribution in [0.5, 0.6) is 0 Å². The predicted octanol–water partition coefficient (Wildman–Crippen LogP) is 6.71. The van der Waals surface area contributed by atoms with Crippen molar-refractivity contribution in [2.75, 3.05) is 0 Å². The smallest absolute Gasteiger partial charge is 0.225 e. The van der Waals surface area contributed by atoms with Crippen LogP contribution in [0.2, 0.25) is 17.6 Å². The summed E-state index contributed by atoms with van der Waals surface area (Å²) < 4.78 is 3.07. The lowest BCUT2D eigenvalue weighted by molar-refractivity contribution is 1.40. The Hall–Kier alpha value is -2.48. The first-order valence-corrected chi connectivity index (χ1v) is 13.3. The third-order valence-corrected chi connectivity index (χ3v) is 9.40. The standard InChI is InChI=1S/C20H2Cl4N6S4/c1-28-10(6-27)12-3-9(14-18(22)34-20(24)30-14)16(32-12)15-8(13-17(21)33-19(23)29-13)2-11(31-15)7(4-25)5-26/h2-3H/b12-10+,16-15+. The molecule has 0 saturated heterocycles. The molecule has 0 fully saturated rings. The van der Waals surface area contributed by atoms with Crippen LogP contribution in [0.4, 0.5) is 0 Å². The Bertz CT molecular complexity index is 1700. The second-order valence-electron chi connectivity index (χ2n) is 6.06. The largest absolute Gasteiger partial charge is 0.278 e. The summed E-state index contributed by atoms with van der Waals surface area (Å²) in [6, 6.07) is 8.95. The number of thiophene rings is 2. The van der Waals surface area contributed by atoms with Gasteiger partial charge in [0.2, 0.25) is 0 Å². The maximum absolute atomic E-state index is 9.42. The summed E-state index contributed by atoms with van der Waals surface area (Å²) >= 11 is 29.4. The number of nitriles is 3. The Morgan fingerprint density at radius 2 is 1.24 bits per heavy atom. The van der Waals surface area contributed by atoms with E-state index in [-0.39, 0.29) is 20.2 Å². The Labute approximate surface area is 227 Å². The van der Waals surface area contributed by atoms with Gasteiger partial charge in [0, 0.05) is 15.7 Å². The molecule has 14 heteroatoms. The average Bonchev–Trinajstić information content (AvgIpc) is 3.55. The highest BCUT2D eigenvalue weighted by Crippen LogP contribution is 2.39. The van der Waals surface area contributed by atoms with E-state index in [0.29, 0.717) is 49.3 Å². The number of hydrogen-bond donors (Lipinski definition) is 0. The Kier molecular flexibility index (Phi) is 7.26. The van der Waals surface area contributed by atoms with Crippen LogP contribution < -0.4 is 9.06 Å². The minimum absolute atomic E-state index is 0.0894. The normalized spacial score (nSPS) is 12.4. The quantitative estimate of drug-likeness (QED) is 0.240. The SMILES string of the molecule is [C-]#[N+]/C(C#N)=c1\cc(-c2nc(Cl)sc2Cl)/c(=c2\sc(=C(C#N)C#N)cc2-c2nc(Cl)sc2Cl)s1. The molecule has 6 nitrogen and oxygen atoms in total. The zero-order valence-corrected chi connectivity index (χ0v) is 22.3. The fourth-order valence-corrected chi connectivity index (χ4v) is 7.90. The molecule has 0 atom stereocenters. The fourth-order valence-electron chi connectivity index (χ4n) is 2.87. The zero-order chi connectivity index (χ0) is 24.6. The number of aromatic nitrogens is 2. The number of nitrogens with zero attached hydrogens (tertiary/aromatic N) is 6. The van der Waals surface area contributed by atoms with E-state index in [1.54, 1.807) is 12.1 Å². The van der Waals surface area contributed by atoms with E-state index in [1.165, 1.54) is 22.7 Å². The molecular weight excluding hydrogens is 594 g/mol. The minimum atomic E-state index is -0.107. The second-order valence-corrected chi connectivity index (χ2v) is 12.5. The van der Waals surface area contributed by atoms with Crippen LogP contribution in [0.3, 0.4) is 0 Å². The van der Waals surface area contributed by atoms with E-state index < -0.39 is 0 Å². The molecule has 0 amide bonds. The van der Waals surface area contributed by atoms with Crippen LogP contribution in [0.1, 0.15) is 0 Å². The van der Waals surface area contributed by atoms with E-state index in [2.05, 4.69) is 14.8 Å². The van der Waals surface area contributed by atoms with Crippen LogP contribution in [0.25, 0.3) is 38.6 Å². The van der Waals surface area contributed by atoms with Crippen LogP contribution in [0, 0.1) is 49.6 Å². The Morgan fingerprint density at radius 3 is 1.62 bits per heavy atom. The van der Waals surface area contributed by atoms with Crippen LogP contribution in [-0.4, -0.2) is 9.97 Å². The van der Waals surface area contributed by atoms with E-state index >= 15 is 0 Å². The molecule has 0 spiro atoms. The summed E-state index contributed by atoms with van der Waals surface area (Å²) in [6.45, 7) is 7.35. The molecule has 4 aromatic heterocycles. The van der Waals surface area contributed by atoms with Gasteiger partial charge in [-0.2, -0.15) is 10.5 Å². The van der Waals surface area contributed by atoms with Gasteiger partial charge in [-0.05, 0) is 12.1 Å². The van der Waals surface area contributed by atoms with Crippen molar-refractivity contribution in [3.05, 3.63) is 59.3 Å². The van der Waals surface area contributed by atoms with Crippen LogP contribution in [-0.2, 0) is 0 Å². The first-order valence-electron chi connectivity index (χ1n) is 8.56. The molecule has 164 valence electrons. The summed E-state index contributed by atoms with van der Waals surface area (Å²) in [6.07, 6.45) is 0. The van der Waals surface area contributed by atoms with Gasteiger partial charge < -0.3 is 0 Å². The zero-order valence-electron chi connectivity index (χ0n) is 16.0. The predicted molar refractivity (Wildman–Crippen MR) is 138 cm³/mol. The van der Waals surface area contributed by atoms with Gasteiger partial charge in [-0.25, -0.2) is 20.1 Å². The molecular formula is C20H2Cl4N6S4. The van der Waals surface area contributed by atoms with E-state index in [9.17, 15) is 15.8 Å². The maximum Gasteiger partial charge on any atom is 0.278 e. The average molecular weight is 596 g/mol. The molecule has 0 unspecified atom stereocenters. The molecule has 0 aromatic carbocycles. The lowest BCUT2D eigenvalue weighted by Crippen LogP contribution is -1.94. The van der Waals surface area contributed by atoms with E-state index in [0.717, 1.165) is 22.7 Å². The maximum atomic E-state index is 9.42. The van der Waals surface area contributed by atoms with Crippen molar-refractivity contribution in [3.63, 3.8) is 0 Å². The molecule has 0 aliphatic heterocycles. The molecule has 0 saturated carbocycles. The topological polar surface area (TPSA) is 102 Å². The fraction of sp³-hybridized carbons (Fsp3) is 0. The lowest BCUT2D eigenvalue weighted by atomic mass is 10.2. The van der Waals surface area contributed by atoms with Gasteiger partial charge in [0.25, 0.3) is 5.70 Å². The summed E-state index contributed by atoms with van der Waals surface area (Å²) in [4.78, 5) is 11.9. The number of hydrogen-bond acceptors (Lipinski definition) is 9. The lowest BCUT2D eigenvalue weighted by Gasteiger charge is -1.95. The van der Waals surface area contributed by atoms with Crippen LogP contribution in [0.15, 0.2) is 12.1 Å². The van der Waals surface area contributed by atoms with Crippen molar-refractivity contribution >= 4 is 103 Å². The first kappa shape index (κ1) is 24.6. The molecule has 0 aliphatic carbocycles. The minimum Gasteiger partial charge on any atom is -0.225 e. The molecule has 4 heterocycles. The monoisotopic (exact) mass is 594 g/mol. The molecule has 4 rings (SSSR count). The van der Waals surface area contributed by atoms with Gasteiger partial charge in [0.05, 0.1) is 26.2 Å². The number of rotatable bonds is 2. The Morgan fingerprint density at radius 1 is 0.765 bits per heavy atom. The summed E-state index contributed by atoms with van der Waals surface area (Å²) in [7, 11) is 0. The van der Waals surface area contributed by atoms with Gasteiger partial charge in [0.15, 0.2) is 8.93 Å². The van der Waals surface area contributed by atoms with Crippen molar-refractivity contribution in [2.45, 2.75) is 0 Å². The molecule has 34 heavy (non-hydrogen) atoms. The van der Waals surface area contributed by atoms with Crippen molar-refractivity contribution in [3.8, 4) is 40.7 Å². The third-order valence-electron chi connectivity index (χ3n) is 4.22. The van der Waals surface area contributed by atoms with E-state index in [4.69, 9.17) is 53.0 Å².